The molecule has 2 aromatic carbocycles. The molecule has 0 fully saturated rings. The van der Waals surface area contributed by atoms with Gasteiger partial charge in [-0.3, -0.25) is 0 Å². The van der Waals surface area contributed by atoms with Crippen LogP contribution in [0.25, 0.3) is 0 Å². The Morgan fingerprint density at radius 2 is 1.13 bits per heavy atom. The molecule has 0 radical (unpaired) electrons. The summed E-state index contributed by atoms with van der Waals surface area (Å²) in [6, 6.07) is 21.9. The molecule has 0 saturated carbocycles. The van der Waals surface area contributed by atoms with Crippen molar-refractivity contribution in [1.29, 1.82) is 0 Å². The summed E-state index contributed by atoms with van der Waals surface area (Å²) in [5, 5.41) is 0. The van der Waals surface area contributed by atoms with E-state index in [-0.39, 0.29) is 21.1 Å². The van der Waals surface area contributed by atoms with Crippen LogP contribution in [-0.2, 0) is 21.1 Å². The van der Waals surface area contributed by atoms with Crippen LogP contribution in [0.2, 0.25) is 0 Å². The normalized spacial score (nSPS) is 8.13. The van der Waals surface area contributed by atoms with E-state index in [1.807, 2.05) is 62.4 Å². The Hall–Kier alpha value is -0.872. The van der Waals surface area contributed by atoms with Gasteiger partial charge in [-0.25, -0.2) is 0 Å². The zero-order valence-corrected chi connectivity index (χ0v) is 11.2. The molecule has 0 bridgehead atoms. The van der Waals surface area contributed by atoms with Gasteiger partial charge in [0.25, 0.3) is 0 Å². The molecular formula is C14H14Pt. The van der Waals surface area contributed by atoms with Gasteiger partial charge >= 0.3 is 21.1 Å². The number of hydrogen-bond donors (Lipinski definition) is 0. The first-order valence-corrected chi connectivity index (χ1v) is 4.65. The fourth-order valence-electron chi connectivity index (χ4n) is 0.966. The maximum Gasteiger partial charge on any atom is 2.00 e. The van der Waals surface area contributed by atoms with Crippen LogP contribution in [0.15, 0.2) is 48.5 Å². The minimum Gasteiger partial charge on any atom is -0.181 e. The Labute approximate surface area is 107 Å². The molecule has 0 nitrogen and oxygen atoms in total. The molecule has 0 saturated heterocycles. The van der Waals surface area contributed by atoms with Crippen LogP contribution in [-0.4, -0.2) is 0 Å². The topological polar surface area (TPSA) is 0 Å². The SMILES string of the molecule is Cc1[c-]cccc1.Cc1[c-]cccc1.[Pt+2]. The van der Waals surface area contributed by atoms with E-state index in [9.17, 15) is 0 Å². The zero-order chi connectivity index (χ0) is 10.2. The van der Waals surface area contributed by atoms with E-state index in [4.69, 9.17) is 0 Å². The monoisotopic (exact) mass is 377 g/mol. The summed E-state index contributed by atoms with van der Waals surface area (Å²) >= 11 is 0. The first-order valence-electron chi connectivity index (χ1n) is 4.65. The van der Waals surface area contributed by atoms with Crippen molar-refractivity contribution in [3.8, 4) is 0 Å². The Morgan fingerprint density at radius 1 is 0.733 bits per heavy atom. The molecule has 0 amide bonds. The van der Waals surface area contributed by atoms with E-state index in [0.717, 1.165) is 0 Å². The maximum atomic E-state index is 3.03. The fourth-order valence-corrected chi connectivity index (χ4v) is 0.966. The van der Waals surface area contributed by atoms with Gasteiger partial charge in [0.2, 0.25) is 0 Å². The quantitative estimate of drug-likeness (QED) is 0.616. The van der Waals surface area contributed by atoms with E-state index >= 15 is 0 Å². The molecule has 0 N–H and O–H groups in total. The van der Waals surface area contributed by atoms with Crippen molar-refractivity contribution in [2.75, 3.05) is 0 Å². The predicted octanol–water partition coefficient (Wildman–Crippen LogP) is 3.59. The van der Waals surface area contributed by atoms with Crippen LogP contribution < -0.4 is 0 Å². The molecule has 0 spiro atoms. The van der Waals surface area contributed by atoms with Crippen molar-refractivity contribution in [3.63, 3.8) is 0 Å². The van der Waals surface area contributed by atoms with Crippen LogP contribution in [0.3, 0.4) is 0 Å². The van der Waals surface area contributed by atoms with Crippen molar-refractivity contribution in [2.45, 2.75) is 13.8 Å². The van der Waals surface area contributed by atoms with Gasteiger partial charge in [0.15, 0.2) is 0 Å². The average Bonchev–Trinajstić information content (AvgIpc) is 2.21. The molecule has 0 aliphatic rings. The smallest absolute Gasteiger partial charge is 0.181 e. The molecule has 80 valence electrons. The average molecular weight is 377 g/mol. The van der Waals surface area contributed by atoms with Gasteiger partial charge in [-0.1, -0.05) is 13.8 Å². The van der Waals surface area contributed by atoms with E-state index in [1.54, 1.807) is 0 Å². The number of benzene rings is 2. The Kier molecular flexibility index (Phi) is 7.95. The molecule has 2 aromatic rings. The van der Waals surface area contributed by atoms with E-state index in [1.165, 1.54) is 11.1 Å². The third-order valence-electron chi connectivity index (χ3n) is 1.73. The summed E-state index contributed by atoms with van der Waals surface area (Å²) in [7, 11) is 0. The predicted molar refractivity (Wildman–Crippen MR) is 60.0 cm³/mol. The molecule has 0 unspecified atom stereocenters. The molecule has 0 aromatic heterocycles. The molecule has 15 heavy (non-hydrogen) atoms. The van der Waals surface area contributed by atoms with Gasteiger partial charge in [0.1, 0.15) is 0 Å². The molecule has 1 heteroatoms. The molecule has 2 rings (SSSR count). The van der Waals surface area contributed by atoms with E-state index in [2.05, 4.69) is 12.1 Å². The Morgan fingerprint density at radius 3 is 1.27 bits per heavy atom. The third-order valence-corrected chi connectivity index (χ3v) is 1.73. The first kappa shape index (κ1) is 14.1. The molecule has 0 heterocycles. The number of hydrogen-bond acceptors (Lipinski definition) is 0. The van der Waals surface area contributed by atoms with Crippen molar-refractivity contribution in [1.82, 2.24) is 0 Å². The van der Waals surface area contributed by atoms with Crippen LogP contribution in [0.1, 0.15) is 11.1 Å². The van der Waals surface area contributed by atoms with Crippen LogP contribution in [0.4, 0.5) is 0 Å². The van der Waals surface area contributed by atoms with Gasteiger partial charge in [-0.05, 0) is 0 Å². The Bertz CT molecular complexity index is 303. The van der Waals surface area contributed by atoms with E-state index in [0.29, 0.717) is 0 Å². The first-order chi connectivity index (χ1) is 6.79. The van der Waals surface area contributed by atoms with Crippen LogP contribution in [0.5, 0.6) is 0 Å². The summed E-state index contributed by atoms with van der Waals surface area (Å²) in [6.45, 7) is 4.06. The third kappa shape index (κ3) is 7.10. The molecule has 0 aliphatic heterocycles. The van der Waals surface area contributed by atoms with Crippen LogP contribution >= 0.6 is 0 Å². The van der Waals surface area contributed by atoms with Gasteiger partial charge in [-0.2, -0.15) is 71.8 Å². The van der Waals surface area contributed by atoms with Crippen LogP contribution in [0, 0.1) is 26.0 Å². The van der Waals surface area contributed by atoms with Crippen molar-refractivity contribution in [3.05, 3.63) is 71.8 Å². The standard InChI is InChI=1S/2C7H7.Pt/c2*1-7-5-3-2-4-6-7;/h2*2-5H,1H3;/q2*-1;+2. The van der Waals surface area contributed by atoms with Gasteiger partial charge < -0.3 is 0 Å². The van der Waals surface area contributed by atoms with E-state index < -0.39 is 0 Å². The number of aryl methyl sites for hydroxylation is 2. The summed E-state index contributed by atoms with van der Waals surface area (Å²) in [6.07, 6.45) is 0. The molecule has 0 atom stereocenters. The molecular weight excluding hydrogens is 363 g/mol. The summed E-state index contributed by atoms with van der Waals surface area (Å²) in [5.41, 5.74) is 2.39. The second kappa shape index (κ2) is 8.44. The second-order valence-corrected chi connectivity index (χ2v) is 3.09. The number of rotatable bonds is 0. The summed E-state index contributed by atoms with van der Waals surface area (Å²) in [4.78, 5) is 0. The maximum absolute atomic E-state index is 3.03. The second-order valence-electron chi connectivity index (χ2n) is 3.09. The van der Waals surface area contributed by atoms with Crippen molar-refractivity contribution >= 4 is 0 Å². The van der Waals surface area contributed by atoms with Gasteiger partial charge in [0, 0.05) is 0 Å². The van der Waals surface area contributed by atoms with Gasteiger partial charge in [0.05, 0.1) is 0 Å². The zero-order valence-electron chi connectivity index (χ0n) is 8.94. The Balaban J connectivity index is 0.000000245. The van der Waals surface area contributed by atoms with Crippen molar-refractivity contribution in [2.24, 2.45) is 0 Å². The fraction of sp³-hybridized carbons (Fsp3) is 0.143. The summed E-state index contributed by atoms with van der Waals surface area (Å²) < 4.78 is 0. The minimum absolute atomic E-state index is 0. The van der Waals surface area contributed by atoms with Crippen molar-refractivity contribution < 1.29 is 21.1 Å². The van der Waals surface area contributed by atoms with Gasteiger partial charge in [-0.15, -0.1) is 0 Å². The summed E-state index contributed by atoms with van der Waals surface area (Å²) in [5.74, 6) is 0. The minimum atomic E-state index is 0. The largest absolute Gasteiger partial charge is 2.00 e. The molecule has 0 aliphatic carbocycles.